The number of Topliss-reactive ketones (excluding diaryl/α,β-unsaturated/α-hetero) is 1. The van der Waals surface area contributed by atoms with Gasteiger partial charge in [-0.1, -0.05) is 59.6 Å². The van der Waals surface area contributed by atoms with E-state index in [1.54, 1.807) is 42.5 Å². The van der Waals surface area contributed by atoms with Crippen LogP contribution in [0.2, 0.25) is 10.0 Å². The molecule has 1 atom stereocenters. The molecule has 2 aromatic carbocycles. The normalized spacial score (nSPS) is 11.5. The van der Waals surface area contributed by atoms with Gasteiger partial charge in [0.1, 0.15) is 5.92 Å². The molecular formula is C18H12Cl2N2O. The van der Waals surface area contributed by atoms with Gasteiger partial charge in [0.05, 0.1) is 12.1 Å². The Labute approximate surface area is 144 Å². The van der Waals surface area contributed by atoms with Gasteiger partial charge in [-0.2, -0.15) is 10.5 Å². The second-order valence-corrected chi connectivity index (χ2v) is 5.79. The van der Waals surface area contributed by atoms with Crippen LogP contribution in [0.3, 0.4) is 0 Å². The molecule has 0 saturated carbocycles. The molecule has 5 heteroatoms. The largest absolute Gasteiger partial charge is 0.294 e. The van der Waals surface area contributed by atoms with Gasteiger partial charge in [0.25, 0.3) is 0 Å². The number of nitriles is 2. The Morgan fingerprint density at radius 1 is 0.957 bits per heavy atom. The van der Waals surface area contributed by atoms with E-state index in [0.29, 0.717) is 21.2 Å². The van der Waals surface area contributed by atoms with Crippen LogP contribution in [0.15, 0.2) is 48.5 Å². The molecule has 2 aromatic rings. The highest BCUT2D eigenvalue weighted by Crippen LogP contribution is 2.38. The highest BCUT2D eigenvalue weighted by atomic mass is 35.5. The maximum atomic E-state index is 12.5. The predicted molar refractivity (Wildman–Crippen MR) is 89.3 cm³/mol. The van der Waals surface area contributed by atoms with Crippen molar-refractivity contribution in [2.75, 3.05) is 0 Å². The van der Waals surface area contributed by atoms with Gasteiger partial charge >= 0.3 is 0 Å². The average molecular weight is 343 g/mol. The second-order valence-electron chi connectivity index (χ2n) is 4.97. The average Bonchev–Trinajstić information content (AvgIpc) is 2.56. The van der Waals surface area contributed by atoms with Crippen LogP contribution in [-0.4, -0.2) is 5.78 Å². The van der Waals surface area contributed by atoms with Gasteiger partial charge in [-0.25, -0.2) is 0 Å². The lowest BCUT2D eigenvalue weighted by Gasteiger charge is -2.20. The molecule has 0 aliphatic heterocycles. The summed E-state index contributed by atoms with van der Waals surface area (Å²) in [6, 6.07) is 17.5. The standard InChI is InChI=1S/C18H12Cl2N2O/c19-15-7-4-8-16(20)18(15)14(13(10-21)11-22)9-17(23)12-5-2-1-3-6-12/h1-8,13-14H,9H2. The van der Waals surface area contributed by atoms with Crippen LogP contribution in [-0.2, 0) is 0 Å². The SMILES string of the molecule is N#CC(C#N)C(CC(=O)c1ccccc1)c1c(Cl)cccc1Cl. The fraction of sp³-hybridized carbons (Fsp3) is 0.167. The van der Waals surface area contributed by atoms with Gasteiger partial charge in [-0.05, 0) is 17.7 Å². The quantitative estimate of drug-likeness (QED) is 0.717. The van der Waals surface area contributed by atoms with E-state index in [-0.39, 0.29) is 12.2 Å². The molecule has 0 saturated heterocycles. The first-order valence-electron chi connectivity index (χ1n) is 6.90. The number of carbonyl (C=O) groups excluding carboxylic acids is 1. The smallest absolute Gasteiger partial charge is 0.163 e. The molecule has 0 spiro atoms. The molecule has 0 aromatic heterocycles. The van der Waals surface area contributed by atoms with Gasteiger partial charge in [-0.3, -0.25) is 4.79 Å². The number of carbonyl (C=O) groups is 1. The van der Waals surface area contributed by atoms with Crippen molar-refractivity contribution in [2.45, 2.75) is 12.3 Å². The van der Waals surface area contributed by atoms with E-state index >= 15 is 0 Å². The summed E-state index contributed by atoms with van der Waals surface area (Å²) in [4.78, 5) is 12.5. The van der Waals surface area contributed by atoms with Crippen molar-refractivity contribution in [3.05, 3.63) is 69.7 Å². The summed E-state index contributed by atoms with van der Waals surface area (Å²) in [5.74, 6) is -1.86. The Morgan fingerprint density at radius 2 is 1.52 bits per heavy atom. The summed E-state index contributed by atoms with van der Waals surface area (Å²) in [5, 5.41) is 19.2. The van der Waals surface area contributed by atoms with E-state index in [0.717, 1.165) is 0 Å². The molecule has 2 rings (SSSR count). The maximum Gasteiger partial charge on any atom is 0.163 e. The van der Waals surface area contributed by atoms with Crippen LogP contribution in [0.1, 0.15) is 28.3 Å². The zero-order chi connectivity index (χ0) is 16.8. The van der Waals surface area contributed by atoms with Crippen LogP contribution in [0.5, 0.6) is 0 Å². The minimum Gasteiger partial charge on any atom is -0.294 e. The highest BCUT2D eigenvalue weighted by Gasteiger charge is 2.29. The molecule has 0 heterocycles. The van der Waals surface area contributed by atoms with Gasteiger partial charge in [0.2, 0.25) is 0 Å². The summed E-state index contributed by atoms with van der Waals surface area (Å²) in [6.45, 7) is 0. The third-order valence-corrected chi connectivity index (χ3v) is 4.21. The first kappa shape index (κ1) is 17.0. The molecule has 1 unspecified atom stereocenters. The third kappa shape index (κ3) is 3.90. The summed E-state index contributed by atoms with van der Waals surface area (Å²) < 4.78 is 0. The van der Waals surface area contributed by atoms with E-state index < -0.39 is 11.8 Å². The number of ketones is 1. The lowest BCUT2D eigenvalue weighted by molar-refractivity contribution is 0.0971. The third-order valence-electron chi connectivity index (χ3n) is 3.55. The molecule has 3 nitrogen and oxygen atoms in total. The fourth-order valence-corrected chi connectivity index (χ4v) is 3.08. The van der Waals surface area contributed by atoms with Gasteiger partial charge in [0.15, 0.2) is 5.78 Å². The Bertz CT molecular complexity index is 757. The number of nitrogens with zero attached hydrogens (tertiary/aromatic N) is 2. The fourth-order valence-electron chi connectivity index (χ4n) is 2.40. The Morgan fingerprint density at radius 3 is 2.04 bits per heavy atom. The van der Waals surface area contributed by atoms with E-state index in [4.69, 9.17) is 23.2 Å². The van der Waals surface area contributed by atoms with Crippen LogP contribution >= 0.6 is 23.2 Å². The zero-order valence-corrected chi connectivity index (χ0v) is 13.6. The Hall–Kier alpha value is -2.33. The molecular weight excluding hydrogens is 331 g/mol. The number of halogens is 2. The molecule has 114 valence electrons. The molecule has 0 aliphatic carbocycles. The molecule has 0 N–H and O–H groups in total. The van der Waals surface area contributed by atoms with Crippen molar-refractivity contribution in [3.8, 4) is 12.1 Å². The zero-order valence-electron chi connectivity index (χ0n) is 12.0. The van der Waals surface area contributed by atoms with Crippen molar-refractivity contribution in [3.63, 3.8) is 0 Å². The highest BCUT2D eigenvalue weighted by molar-refractivity contribution is 6.36. The topological polar surface area (TPSA) is 64.7 Å². The predicted octanol–water partition coefficient (Wildman–Crippen LogP) is 5.01. The van der Waals surface area contributed by atoms with Crippen LogP contribution in [0, 0.1) is 28.6 Å². The monoisotopic (exact) mass is 342 g/mol. The van der Waals surface area contributed by atoms with Crippen molar-refractivity contribution in [2.24, 2.45) is 5.92 Å². The minimum absolute atomic E-state index is 0.0146. The Balaban J connectivity index is 2.43. The number of hydrogen-bond donors (Lipinski definition) is 0. The molecule has 23 heavy (non-hydrogen) atoms. The van der Waals surface area contributed by atoms with Crippen molar-refractivity contribution in [1.82, 2.24) is 0 Å². The second kappa shape index (κ2) is 7.79. The first-order valence-corrected chi connectivity index (χ1v) is 7.65. The molecule has 0 bridgehead atoms. The van der Waals surface area contributed by atoms with E-state index in [2.05, 4.69) is 0 Å². The summed E-state index contributed by atoms with van der Waals surface area (Å²) in [7, 11) is 0. The lowest BCUT2D eigenvalue weighted by atomic mass is 9.82. The lowest BCUT2D eigenvalue weighted by Crippen LogP contribution is -2.16. The van der Waals surface area contributed by atoms with E-state index in [1.807, 2.05) is 18.2 Å². The van der Waals surface area contributed by atoms with Gasteiger partial charge < -0.3 is 0 Å². The summed E-state index contributed by atoms with van der Waals surface area (Å²) >= 11 is 12.4. The number of benzene rings is 2. The maximum absolute atomic E-state index is 12.5. The van der Waals surface area contributed by atoms with Crippen LogP contribution in [0.4, 0.5) is 0 Å². The first-order chi connectivity index (χ1) is 11.1. The number of rotatable bonds is 5. The van der Waals surface area contributed by atoms with Crippen molar-refractivity contribution in [1.29, 1.82) is 10.5 Å². The van der Waals surface area contributed by atoms with E-state index in [1.165, 1.54) is 0 Å². The summed E-state index contributed by atoms with van der Waals surface area (Å²) in [5.41, 5.74) is 0.989. The van der Waals surface area contributed by atoms with Crippen molar-refractivity contribution < 1.29 is 4.79 Å². The molecule has 0 amide bonds. The minimum atomic E-state index is -1.01. The van der Waals surface area contributed by atoms with Gasteiger partial charge in [0, 0.05) is 27.9 Å². The summed E-state index contributed by atoms with van der Waals surface area (Å²) in [6.07, 6.45) is -0.0146. The van der Waals surface area contributed by atoms with Gasteiger partial charge in [-0.15, -0.1) is 0 Å². The van der Waals surface area contributed by atoms with Crippen molar-refractivity contribution >= 4 is 29.0 Å². The van der Waals surface area contributed by atoms with Crippen LogP contribution < -0.4 is 0 Å². The molecule has 0 fully saturated rings. The molecule has 0 radical (unpaired) electrons. The van der Waals surface area contributed by atoms with Crippen LogP contribution in [0.25, 0.3) is 0 Å². The Kier molecular flexibility index (Phi) is 5.77. The molecule has 0 aliphatic rings. The van der Waals surface area contributed by atoms with E-state index in [9.17, 15) is 15.3 Å². The number of hydrogen-bond acceptors (Lipinski definition) is 3.